The van der Waals surface area contributed by atoms with E-state index in [9.17, 15) is 4.79 Å². The van der Waals surface area contributed by atoms with Gasteiger partial charge in [-0.3, -0.25) is 9.69 Å². The van der Waals surface area contributed by atoms with Crippen LogP contribution in [-0.4, -0.2) is 40.7 Å². The number of pyridine rings is 1. The van der Waals surface area contributed by atoms with E-state index in [2.05, 4.69) is 39.5 Å². The molecule has 0 saturated carbocycles. The van der Waals surface area contributed by atoms with E-state index in [1.54, 1.807) is 6.20 Å². The number of thioether (sulfide) groups is 1. The number of rotatable bonds is 6. The second-order valence-corrected chi connectivity index (χ2v) is 6.73. The zero-order chi connectivity index (χ0) is 15.9. The van der Waals surface area contributed by atoms with Gasteiger partial charge in [-0.15, -0.1) is 0 Å². The Bertz CT molecular complexity index is 621. The van der Waals surface area contributed by atoms with E-state index in [1.165, 1.54) is 17.3 Å². The van der Waals surface area contributed by atoms with Crippen LogP contribution in [0.1, 0.15) is 12.0 Å². The summed E-state index contributed by atoms with van der Waals surface area (Å²) in [7, 11) is 0. The highest BCUT2D eigenvalue weighted by Gasteiger charge is 2.23. The lowest BCUT2D eigenvalue weighted by atomic mass is 10.2. The lowest BCUT2D eigenvalue weighted by molar-refractivity contribution is -0.119. The molecule has 1 unspecified atom stereocenters. The molecule has 0 radical (unpaired) electrons. The summed E-state index contributed by atoms with van der Waals surface area (Å²) in [4.78, 5) is 18.7. The summed E-state index contributed by atoms with van der Waals surface area (Å²) < 4.78 is 0. The first kappa shape index (κ1) is 16.0. The van der Waals surface area contributed by atoms with E-state index in [4.69, 9.17) is 0 Å². The van der Waals surface area contributed by atoms with E-state index >= 15 is 0 Å². The lowest BCUT2D eigenvalue weighted by Gasteiger charge is -2.16. The van der Waals surface area contributed by atoms with E-state index < -0.39 is 0 Å². The quantitative estimate of drug-likeness (QED) is 0.828. The minimum absolute atomic E-state index is 0.0900. The van der Waals surface area contributed by atoms with Crippen molar-refractivity contribution in [2.45, 2.75) is 24.0 Å². The molecule has 3 rings (SSSR count). The van der Waals surface area contributed by atoms with E-state index in [1.807, 2.05) is 24.3 Å². The molecular formula is C18H21N3OS. The molecule has 1 amide bonds. The Labute approximate surface area is 141 Å². The van der Waals surface area contributed by atoms with E-state index in [0.717, 1.165) is 31.1 Å². The third-order valence-corrected chi connectivity index (χ3v) is 4.82. The van der Waals surface area contributed by atoms with Crippen LogP contribution in [0.5, 0.6) is 0 Å². The van der Waals surface area contributed by atoms with Crippen molar-refractivity contribution in [3.8, 4) is 0 Å². The predicted octanol–water partition coefficient (Wildman–Crippen LogP) is 2.56. The molecule has 1 saturated heterocycles. The van der Waals surface area contributed by atoms with Gasteiger partial charge in [-0.1, -0.05) is 48.2 Å². The molecule has 120 valence electrons. The first-order valence-corrected chi connectivity index (χ1v) is 8.87. The Morgan fingerprint density at radius 1 is 1.22 bits per heavy atom. The molecular weight excluding hydrogens is 306 g/mol. The second-order valence-electron chi connectivity index (χ2n) is 5.73. The minimum Gasteiger partial charge on any atom is -0.351 e. The van der Waals surface area contributed by atoms with Gasteiger partial charge in [0.25, 0.3) is 0 Å². The summed E-state index contributed by atoms with van der Waals surface area (Å²) >= 11 is 1.48. The van der Waals surface area contributed by atoms with Gasteiger partial charge in [0.05, 0.1) is 10.8 Å². The Morgan fingerprint density at radius 3 is 2.83 bits per heavy atom. The van der Waals surface area contributed by atoms with Crippen LogP contribution in [0.15, 0.2) is 59.8 Å². The van der Waals surface area contributed by atoms with Gasteiger partial charge in [-0.2, -0.15) is 0 Å². The van der Waals surface area contributed by atoms with Crippen molar-refractivity contribution in [2.75, 3.05) is 18.8 Å². The maximum atomic E-state index is 12.1. The summed E-state index contributed by atoms with van der Waals surface area (Å²) in [5.41, 5.74) is 1.32. The maximum Gasteiger partial charge on any atom is 0.230 e. The molecule has 0 aliphatic carbocycles. The fourth-order valence-electron chi connectivity index (χ4n) is 2.78. The summed E-state index contributed by atoms with van der Waals surface area (Å²) in [6.45, 7) is 2.91. The highest BCUT2D eigenvalue weighted by atomic mass is 32.2. The summed E-state index contributed by atoms with van der Waals surface area (Å²) in [5.74, 6) is 0.513. The number of nitrogens with zero attached hydrogens (tertiary/aromatic N) is 2. The molecule has 1 aromatic heterocycles. The van der Waals surface area contributed by atoms with Crippen LogP contribution in [0.3, 0.4) is 0 Å². The summed E-state index contributed by atoms with van der Waals surface area (Å²) in [6.07, 6.45) is 2.77. The zero-order valence-electron chi connectivity index (χ0n) is 13.0. The Hall–Kier alpha value is -1.85. The van der Waals surface area contributed by atoms with Crippen molar-refractivity contribution in [1.82, 2.24) is 15.2 Å². The van der Waals surface area contributed by atoms with Crippen molar-refractivity contribution in [3.05, 3.63) is 60.3 Å². The molecule has 1 atom stereocenters. The van der Waals surface area contributed by atoms with Gasteiger partial charge in [0, 0.05) is 31.9 Å². The standard InChI is InChI=1S/C18H21N3OS/c22-17(14-23-18-8-4-5-10-19-18)20-16-9-11-21(13-16)12-15-6-2-1-3-7-15/h1-8,10,16H,9,11-14H2,(H,20,22). The normalized spacial score (nSPS) is 18.0. The molecule has 2 aromatic rings. The number of benzene rings is 1. The molecule has 1 aliphatic heterocycles. The number of aromatic nitrogens is 1. The van der Waals surface area contributed by atoms with Crippen LogP contribution in [0, 0.1) is 0 Å². The van der Waals surface area contributed by atoms with Gasteiger partial charge in [0.1, 0.15) is 0 Å². The lowest BCUT2D eigenvalue weighted by Crippen LogP contribution is -2.38. The van der Waals surface area contributed by atoms with Gasteiger partial charge in [0.15, 0.2) is 0 Å². The van der Waals surface area contributed by atoms with Gasteiger partial charge in [-0.25, -0.2) is 4.98 Å². The average molecular weight is 327 g/mol. The van der Waals surface area contributed by atoms with Gasteiger partial charge in [0.2, 0.25) is 5.91 Å². The van der Waals surface area contributed by atoms with Crippen molar-refractivity contribution < 1.29 is 4.79 Å². The Balaban J connectivity index is 1.40. The van der Waals surface area contributed by atoms with Crippen LogP contribution >= 0.6 is 11.8 Å². The third-order valence-electron chi connectivity index (χ3n) is 3.88. The van der Waals surface area contributed by atoms with Crippen LogP contribution in [0.2, 0.25) is 0 Å². The first-order valence-electron chi connectivity index (χ1n) is 7.89. The smallest absolute Gasteiger partial charge is 0.230 e. The third kappa shape index (κ3) is 5.08. The molecule has 5 heteroatoms. The Morgan fingerprint density at radius 2 is 2.04 bits per heavy atom. The minimum atomic E-state index is 0.0900. The molecule has 1 fully saturated rings. The molecule has 4 nitrogen and oxygen atoms in total. The number of carbonyl (C=O) groups is 1. The van der Waals surface area contributed by atoms with Crippen LogP contribution < -0.4 is 5.32 Å². The molecule has 1 N–H and O–H groups in total. The highest BCUT2D eigenvalue weighted by Crippen LogP contribution is 2.15. The van der Waals surface area contributed by atoms with Crippen molar-refractivity contribution >= 4 is 17.7 Å². The fraction of sp³-hybridized carbons (Fsp3) is 0.333. The van der Waals surface area contributed by atoms with Gasteiger partial charge in [-0.05, 0) is 24.1 Å². The average Bonchev–Trinajstić information content (AvgIpc) is 3.02. The van der Waals surface area contributed by atoms with Crippen molar-refractivity contribution in [3.63, 3.8) is 0 Å². The van der Waals surface area contributed by atoms with Crippen LogP contribution in [0.25, 0.3) is 0 Å². The number of hydrogen-bond donors (Lipinski definition) is 1. The van der Waals surface area contributed by atoms with Crippen LogP contribution in [0.4, 0.5) is 0 Å². The molecule has 0 spiro atoms. The predicted molar refractivity (Wildman–Crippen MR) is 93.2 cm³/mol. The van der Waals surface area contributed by atoms with Gasteiger partial charge < -0.3 is 5.32 Å². The maximum absolute atomic E-state index is 12.1. The molecule has 0 bridgehead atoms. The summed E-state index contributed by atoms with van der Waals surface area (Å²) in [5, 5.41) is 4.02. The zero-order valence-corrected chi connectivity index (χ0v) is 13.8. The van der Waals surface area contributed by atoms with Crippen molar-refractivity contribution in [2.24, 2.45) is 0 Å². The van der Waals surface area contributed by atoms with Crippen molar-refractivity contribution in [1.29, 1.82) is 0 Å². The van der Waals surface area contributed by atoms with Gasteiger partial charge >= 0.3 is 0 Å². The molecule has 2 heterocycles. The van der Waals surface area contributed by atoms with E-state index in [-0.39, 0.29) is 11.9 Å². The second kappa shape index (κ2) is 8.13. The highest BCUT2D eigenvalue weighted by molar-refractivity contribution is 7.99. The number of hydrogen-bond acceptors (Lipinski definition) is 4. The SMILES string of the molecule is O=C(CSc1ccccn1)NC1CCN(Cc2ccccc2)C1. The fourth-order valence-corrected chi connectivity index (χ4v) is 3.45. The number of amides is 1. The number of carbonyl (C=O) groups excluding carboxylic acids is 1. The number of likely N-dealkylation sites (tertiary alicyclic amines) is 1. The molecule has 1 aliphatic rings. The monoisotopic (exact) mass is 327 g/mol. The topological polar surface area (TPSA) is 45.2 Å². The number of nitrogens with one attached hydrogen (secondary N) is 1. The molecule has 23 heavy (non-hydrogen) atoms. The summed E-state index contributed by atoms with van der Waals surface area (Å²) in [6, 6.07) is 16.5. The van der Waals surface area contributed by atoms with E-state index in [0.29, 0.717) is 5.75 Å². The first-order chi connectivity index (χ1) is 11.3. The largest absolute Gasteiger partial charge is 0.351 e. The molecule has 1 aromatic carbocycles. The van der Waals surface area contributed by atoms with Crippen LogP contribution in [-0.2, 0) is 11.3 Å². The Kier molecular flexibility index (Phi) is 5.66.